The lowest BCUT2D eigenvalue weighted by atomic mass is 9.66. The van der Waals surface area contributed by atoms with E-state index in [4.69, 9.17) is 0 Å². The van der Waals surface area contributed by atoms with Gasteiger partial charge < -0.3 is 4.79 Å². The highest BCUT2D eigenvalue weighted by molar-refractivity contribution is 5.76. The minimum absolute atomic E-state index is 0.0968. The molecule has 0 aromatic heterocycles. The molecule has 0 heterocycles. The van der Waals surface area contributed by atoms with Crippen molar-refractivity contribution in [2.45, 2.75) is 66.7 Å². The van der Waals surface area contributed by atoms with Crippen molar-refractivity contribution in [3.05, 3.63) is 35.9 Å². The van der Waals surface area contributed by atoms with Crippen molar-refractivity contribution < 1.29 is 4.79 Å². The number of rotatable bonds is 6. The molecule has 1 aromatic carbocycles. The third-order valence-corrected chi connectivity index (χ3v) is 4.47. The Balaban J connectivity index is 3.05. The number of Topliss-reactive ketones (excluding diaryl/α,β-unsaturated/α-hetero) is 1. The zero-order valence-corrected chi connectivity index (χ0v) is 14.0. The molecule has 0 spiro atoms. The van der Waals surface area contributed by atoms with E-state index in [0.717, 1.165) is 12.8 Å². The Morgan fingerprint density at radius 3 is 2.05 bits per heavy atom. The van der Waals surface area contributed by atoms with Gasteiger partial charge in [0, 0.05) is 6.42 Å². The Kier molecular flexibility index (Phi) is 5.56. The third kappa shape index (κ3) is 4.77. The van der Waals surface area contributed by atoms with E-state index in [1.54, 1.807) is 6.92 Å². The summed E-state index contributed by atoms with van der Waals surface area (Å²) >= 11 is 0. The Morgan fingerprint density at radius 2 is 1.65 bits per heavy atom. The van der Waals surface area contributed by atoms with E-state index in [0.29, 0.717) is 18.1 Å². The first-order valence-electron chi connectivity index (χ1n) is 7.72. The minimum Gasteiger partial charge on any atom is -0.300 e. The quantitative estimate of drug-likeness (QED) is 0.659. The molecule has 2 atom stereocenters. The minimum atomic E-state index is 0.0968. The first-order valence-corrected chi connectivity index (χ1v) is 7.72. The van der Waals surface area contributed by atoms with Gasteiger partial charge >= 0.3 is 0 Å². The SMILES string of the molecule is CCC(C)(CC(C)=O)CC(c1ccccc1)C(C)(C)C. The topological polar surface area (TPSA) is 17.1 Å². The summed E-state index contributed by atoms with van der Waals surface area (Å²) in [5, 5.41) is 0. The molecule has 0 fully saturated rings. The molecule has 0 N–H and O–H groups in total. The van der Waals surface area contributed by atoms with Crippen LogP contribution in [-0.4, -0.2) is 5.78 Å². The Hall–Kier alpha value is -1.11. The standard InChI is InChI=1S/C19H30O/c1-7-19(6,13-15(2)20)14-17(18(3,4)5)16-11-9-8-10-12-16/h8-12,17H,7,13-14H2,1-6H3. The molecule has 20 heavy (non-hydrogen) atoms. The molecule has 1 rings (SSSR count). The summed E-state index contributed by atoms with van der Waals surface area (Å²) in [7, 11) is 0. The first kappa shape index (κ1) is 16.9. The van der Waals surface area contributed by atoms with Gasteiger partial charge in [0.2, 0.25) is 0 Å². The Labute approximate surface area is 124 Å². The molecule has 0 amide bonds. The summed E-state index contributed by atoms with van der Waals surface area (Å²) in [6.07, 6.45) is 2.80. The highest BCUT2D eigenvalue weighted by Crippen LogP contribution is 2.45. The lowest BCUT2D eigenvalue weighted by Crippen LogP contribution is -2.28. The normalized spacial score (nSPS) is 16.5. The average molecular weight is 274 g/mol. The second-order valence-corrected chi connectivity index (χ2v) is 7.58. The van der Waals surface area contributed by atoms with Crippen LogP contribution < -0.4 is 0 Å². The predicted octanol–water partition coefficient (Wildman–Crippen LogP) is 5.60. The van der Waals surface area contributed by atoms with Gasteiger partial charge in [-0.25, -0.2) is 0 Å². The van der Waals surface area contributed by atoms with Crippen LogP contribution in [0.15, 0.2) is 30.3 Å². The summed E-state index contributed by atoms with van der Waals surface area (Å²) in [6.45, 7) is 13.1. The van der Waals surface area contributed by atoms with Crippen LogP contribution in [0.2, 0.25) is 0 Å². The molecule has 0 radical (unpaired) electrons. The van der Waals surface area contributed by atoms with E-state index in [1.807, 2.05) is 0 Å². The fourth-order valence-electron chi connectivity index (χ4n) is 3.04. The van der Waals surface area contributed by atoms with E-state index >= 15 is 0 Å². The van der Waals surface area contributed by atoms with Crippen molar-refractivity contribution in [1.82, 2.24) is 0 Å². The van der Waals surface area contributed by atoms with Crippen LogP contribution in [-0.2, 0) is 4.79 Å². The molecule has 2 unspecified atom stereocenters. The van der Waals surface area contributed by atoms with E-state index in [-0.39, 0.29) is 10.8 Å². The maximum absolute atomic E-state index is 11.6. The molecular formula is C19H30O. The zero-order valence-electron chi connectivity index (χ0n) is 14.0. The summed E-state index contributed by atoms with van der Waals surface area (Å²) in [5.41, 5.74) is 1.69. The molecule has 1 heteroatoms. The first-order chi connectivity index (χ1) is 9.18. The molecule has 0 aliphatic heterocycles. The summed E-state index contributed by atoms with van der Waals surface area (Å²) < 4.78 is 0. The lowest BCUT2D eigenvalue weighted by molar-refractivity contribution is -0.119. The molecule has 0 aliphatic carbocycles. The smallest absolute Gasteiger partial charge is 0.130 e. The van der Waals surface area contributed by atoms with Crippen molar-refractivity contribution in [2.24, 2.45) is 10.8 Å². The highest BCUT2D eigenvalue weighted by atomic mass is 16.1. The molecule has 112 valence electrons. The molecule has 0 aliphatic rings. The Bertz CT molecular complexity index is 427. The van der Waals surface area contributed by atoms with Gasteiger partial charge in [0.25, 0.3) is 0 Å². The number of benzene rings is 1. The maximum atomic E-state index is 11.6. The molecule has 0 saturated heterocycles. The van der Waals surface area contributed by atoms with Gasteiger partial charge in [-0.1, -0.05) is 71.4 Å². The van der Waals surface area contributed by atoms with Crippen LogP contribution in [0.1, 0.15) is 72.3 Å². The summed E-state index contributed by atoms with van der Waals surface area (Å²) in [5.74, 6) is 0.781. The molecule has 0 bridgehead atoms. The monoisotopic (exact) mass is 274 g/mol. The molecular weight excluding hydrogens is 244 g/mol. The van der Waals surface area contributed by atoms with Crippen molar-refractivity contribution in [3.63, 3.8) is 0 Å². The van der Waals surface area contributed by atoms with Crippen LogP contribution in [0.3, 0.4) is 0 Å². The highest BCUT2D eigenvalue weighted by Gasteiger charge is 2.34. The zero-order chi connectivity index (χ0) is 15.4. The fraction of sp³-hybridized carbons (Fsp3) is 0.632. The number of hydrogen-bond acceptors (Lipinski definition) is 1. The van der Waals surface area contributed by atoms with Gasteiger partial charge in [-0.3, -0.25) is 0 Å². The van der Waals surface area contributed by atoms with Gasteiger partial charge in [-0.15, -0.1) is 0 Å². The van der Waals surface area contributed by atoms with Crippen LogP contribution in [0.25, 0.3) is 0 Å². The third-order valence-electron chi connectivity index (χ3n) is 4.47. The number of ketones is 1. The van der Waals surface area contributed by atoms with Crippen molar-refractivity contribution in [3.8, 4) is 0 Å². The summed E-state index contributed by atoms with van der Waals surface area (Å²) in [4.78, 5) is 11.6. The van der Waals surface area contributed by atoms with Crippen LogP contribution in [0.4, 0.5) is 0 Å². The second-order valence-electron chi connectivity index (χ2n) is 7.58. The van der Waals surface area contributed by atoms with Crippen molar-refractivity contribution in [2.75, 3.05) is 0 Å². The van der Waals surface area contributed by atoms with E-state index in [2.05, 4.69) is 65.0 Å². The molecule has 0 saturated carbocycles. The van der Waals surface area contributed by atoms with Crippen LogP contribution in [0.5, 0.6) is 0 Å². The van der Waals surface area contributed by atoms with Crippen LogP contribution in [0, 0.1) is 10.8 Å². The lowest BCUT2D eigenvalue weighted by Gasteiger charge is -2.39. The molecule has 1 nitrogen and oxygen atoms in total. The average Bonchev–Trinajstić information content (AvgIpc) is 2.35. The fourth-order valence-corrected chi connectivity index (χ4v) is 3.04. The largest absolute Gasteiger partial charge is 0.300 e. The van der Waals surface area contributed by atoms with Crippen molar-refractivity contribution in [1.29, 1.82) is 0 Å². The van der Waals surface area contributed by atoms with Gasteiger partial charge in [-0.2, -0.15) is 0 Å². The Morgan fingerprint density at radius 1 is 1.10 bits per heavy atom. The van der Waals surface area contributed by atoms with E-state index in [1.165, 1.54) is 5.56 Å². The maximum Gasteiger partial charge on any atom is 0.130 e. The van der Waals surface area contributed by atoms with Crippen molar-refractivity contribution >= 4 is 5.78 Å². The molecule has 1 aromatic rings. The number of hydrogen-bond donors (Lipinski definition) is 0. The predicted molar refractivity (Wildman–Crippen MR) is 87.0 cm³/mol. The van der Waals surface area contributed by atoms with Gasteiger partial charge in [0.1, 0.15) is 5.78 Å². The summed E-state index contributed by atoms with van der Waals surface area (Å²) in [6, 6.07) is 10.7. The van der Waals surface area contributed by atoms with Gasteiger partial charge in [0.05, 0.1) is 0 Å². The second kappa shape index (κ2) is 6.56. The van der Waals surface area contributed by atoms with Crippen LogP contribution >= 0.6 is 0 Å². The van der Waals surface area contributed by atoms with E-state index < -0.39 is 0 Å². The number of carbonyl (C=O) groups is 1. The number of carbonyl (C=O) groups excluding carboxylic acids is 1. The van der Waals surface area contributed by atoms with Gasteiger partial charge in [-0.05, 0) is 35.7 Å². The van der Waals surface area contributed by atoms with E-state index in [9.17, 15) is 4.79 Å². The van der Waals surface area contributed by atoms with Gasteiger partial charge in [0.15, 0.2) is 0 Å².